The molecule has 1 aliphatic heterocycles. The van der Waals surface area contributed by atoms with E-state index in [1.165, 1.54) is 25.7 Å². The number of halogens is 2. The third-order valence-electron chi connectivity index (χ3n) is 2.20. The molecule has 1 atom stereocenters. The molecule has 1 aliphatic rings. The molecule has 3 heteroatoms. The average molecular weight is 241 g/mol. The van der Waals surface area contributed by atoms with Crippen molar-refractivity contribution < 1.29 is 4.74 Å². The molecule has 1 rings (SSSR count). The lowest BCUT2D eigenvalue weighted by Gasteiger charge is -2.07. The van der Waals surface area contributed by atoms with E-state index in [2.05, 4.69) is 13.8 Å². The van der Waals surface area contributed by atoms with Gasteiger partial charge in [-0.3, -0.25) is 0 Å². The van der Waals surface area contributed by atoms with E-state index in [0.29, 0.717) is 0 Å². The van der Waals surface area contributed by atoms with Crippen LogP contribution in [0.3, 0.4) is 0 Å². The van der Waals surface area contributed by atoms with Gasteiger partial charge in [0, 0.05) is 6.61 Å². The Kier molecular flexibility index (Phi) is 10.5. The fraction of sp³-hybridized carbons (Fsp3) is 1.00. The Hall–Kier alpha value is 0.540. The second-order valence-corrected chi connectivity index (χ2v) is 4.76. The average Bonchev–Trinajstić information content (AvgIpc) is 2.68. The van der Waals surface area contributed by atoms with E-state index in [4.69, 9.17) is 27.9 Å². The van der Waals surface area contributed by atoms with E-state index in [1.54, 1.807) is 0 Å². The summed E-state index contributed by atoms with van der Waals surface area (Å²) in [6.45, 7) is 5.28. The molecule has 0 bridgehead atoms. The molecule has 14 heavy (non-hydrogen) atoms. The molecule has 0 radical (unpaired) electrons. The lowest BCUT2D eigenvalue weighted by molar-refractivity contribution is 0.121. The van der Waals surface area contributed by atoms with Crippen LogP contribution in [-0.2, 0) is 4.74 Å². The molecular formula is C11H22Cl2O. The first kappa shape index (κ1) is 14.5. The summed E-state index contributed by atoms with van der Waals surface area (Å²) in [6, 6.07) is 0. The van der Waals surface area contributed by atoms with Crippen molar-refractivity contribution in [3.63, 3.8) is 0 Å². The Bertz CT molecular complexity index is 108. The van der Waals surface area contributed by atoms with Crippen LogP contribution in [0, 0.1) is 0 Å². The first-order valence-electron chi connectivity index (χ1n) is 5.62. The van der Waals surface area contributed by atoms with Gasteiger partial charge in [-0.05, 0) is 12.8 Å². The zero-order valence-corrected chi connectivity index (χ0v) is 10.8. The molecule has 0 aromatic rings. The van der Waals surface area contributed by atoms with Gasteiger partial charge in [0.15, 0.2) is 0 Å². The number of ether oxygens (including phenoxy) is 1. The summed E-state index contributed by atoms with van der Waals surface area (Å²) in [5.74, 6) is 0. The smallest absolute Gasteiger partial charge is 0.133 e. The van der Waals surface area contributed by atoms with Gasteiger partial charge in [-0.15, -0.1) is 23.2 Å². The maximum atomic E-state index is 5.52. The van der Waals surface area contributed by atoms with Gasteiger partial charge in [-0.2, -0.15) is 0 Å². The lowest BCUT2D eigenvalue weighted by atomic mass is 10.2. The van der Waals surface area contributed by atoms with Crippen LogP contribution in [-0.4, -0.2) is 17.5 Å². The molecule has 0 amide bonds. The van der Waals surface area contributed by atoms with Gasteiger partial charge < -0.3 is 4.74 Å². The van der Waals surface area contributed by atoms with E-state index in [0.717, 1.165) is 19.4 Å². The minimum absolute atomic E-state index is 0.0957. The maximum absolute atomic E-state index is 5.52. The van der Waals surface area contributed by atoms with Crippen LogP contribution in [0.2, 0.25) is 0 Å². The van der Waals surface area contributed by atoms with E-state index in [-0.39, 0.29) is 10.9 Å². The molecule has 0 saturated carbocycles. The summed E-state index contributed by atoms with van der Waals surface area (Å²) >= 11 is 11.0. The summed E-state index contributed by atoms with van der Waals surface area (Å²) in [5.41, 5.74) is 0. The number of unbranched alkanes of at least 4 members (excludes halogenated alkanes) is 3. The summed E-state index contributed by atoms with van der Waals surface area (Å²) in [4.78, 5) is -0.336. The van der Waals surface area contributed by atoms with Crippen LogP contribution in [0.1, 0.15) is 52.4 Å². The summed E-state index contributed by atoms with van der Waals surface area (Å²) < 4.78 is 5.15. The van der Waals surface area contributed by atoms with Crippen molar-refractivity contribution in [3.05, 3.63) is 0 Å². The minimum Gasteiger partial charge on any atom is -0.375 e. The van der Waals surface area contributed by atoms with Gasteiger partial charge in [0.2, 0.25) is 0 Å². The molecule has 1 saturated heterocycles. The monoisotopic (exact) mass is 240 g/mol. The summed E-state index contributed by atoms with van der Waals surface area (Å²) in [5, 5.41) is 0. The molecule has 1 fully saturated rings. The SMILES string of the molecule is CCCCCC.ClC(Cl)C1CCCO1. The number of rotatable bonds is 4. The zero-order valence-electron chi connectivity index (χ0n) is 9.27. The van der Waals surface area contributed by atoms with Crippen molar-refractivity contribution in [1.82, 2.24) is 0 Å². The predicted molar refractivity (Wildman–Crippen MR) is 64.3 cm³/mol. The van der Waals surface area contributed by atoms with E-state index >= 15 is 0 Å². The van der Waals surface area contributed by atoms with Crippen LogP contribution in [0.25, 0.3) is 0 Å². The predicted octanol–water partition coefficient (Wildman–Crippen LogP) is 4.56. The van der Waals surface area contributed by atoms with Crippen molar-refractivity contribution in [2.24, 2.45) is 0 Å². The summed E-state index contributed by atoms with van der Waals surface area (Å²) in [6.07, 6.45) is 7.74. The van der Waals surface area contributed by atoms with Gasteiger partial charge in [-0.1, -0.05) is 39.5 Å². The Morgan fingerprint density at radius 2 is 1.79 bits per heavy atom. The quantitative estimate of drug-likeness (QED) is 0.518. The first-order chi connectivity index (χ1) is 6.72. The molecule has 1 heterocycles. The van der Waals surface area contributed by atoms with Gasteiger partial charge >= 0.3 is 0 Å². The second kappa shape index (κ2) is 10.1. The van der Waals surface area contributed by atoms with Crippen LogP contribution < -0.4 is 0 Å². The van der Waals surface area contributed by atoms with E-state index < -0.39 is 0 Å². The fourth-order valence-corrected chi connectivity index (χ4v) is 1.70. The van der Waals surface area contributed by atoms with Gasteiger partial charge in [0.25, 0.3) is 0 Å². The van der Waals surface area contributed by atoms with Crippen molar-refractivity contribution in [1.29, 1.82) is 0 Å². The van der Waals surface area contributed by atoms with Crippen molar-refractivity contribution in [2.75, 3.05) is 6.61 Å². The topological polar surface area (TPSA) is 9.23 Å². The van der Waals surface area contributed by atoms with Crippen molar-refractivity contribution in [3.8, 4) is 0 Å². The molecule has 0 aromatic carbocycles. The first-order valence-corrected chi connectivity index (χ1v) is 6.49. The highest BCUT2D eigenvalue weighted by atomic mass is 35.5. The van der Waals surface area contributed by atoms with Gasteiger partial charge in [0.05, 0.1) is 6.10 Å². The molecular weight excluding hydrogens is 219 g/mol. The molecule has 0 aliphatic carbocycles. The van der Waals surface area contributed by atoms with Crippen LogP contribution in [0.4, 0.5) is 0 Å². The number of alkyl halides is 2. The maximum Gasteiger partial charge on any atom is 0.133 e. The molecule has 0 aromatic heterocycles. The molecule has 86 valence electrons. The Morgan fingerprint density at radius 1 is 1.21 bits per heavy atom. The highest BCUT2D eigenvalue weighted by molar-refractivity contribution is 6.44. The lowest BCUT2D eigenvalue weighted by Crippen LogP contribution is -2.13. The zero-order chi connectivity index (χ0) is 10.8. The van der Waals surface area contributed by atoms with Crippen molar-refractivity contribution >= 4 is 23.2 Å². The van der Waals surface area contributed by atoms with Gasteiger partial charge in [0.1, 0.15) is 4.84 Å². The summed E-state index contributed by atoms with van der Waals surface area (Å²) in [7, 11) is 0. The Balaban J connectivity index is 0.000000255. The standard InChI is InChI=1S/C6H14.C5H8Cl2O/c1-3-5-6-4-2;6-5(7)4-2-1-3-8-4/h3-6H2,1-2H3;4-5H,1-3H2. The molecule has 1 nitrogen and oxygen atoms in total. The number of hydrogen-bond acceptors (Lipinski definition) is 1. The highest BCUT2D eigenvalue weighted by Gasteiger charge is 2.21. The fourth-order valence-electron chi connectivity index (χ4n) is 1.30. The van der Waals surface area contributed by atoms with Crippen LogP contribution >= 0.6 is 23.2 Å². The van der Waals surface area contributed by atoms with Crippen LogP contribution in [0.15, 0.2) is 0 Å². The second-order valence-electron chi connectivity index (χ2n) is 3.59. The third kappa shape index (κ3) is 7.90. The molecule has 0 N–H and O–H groups in total. The van der Waals surface area contributed by atoms with Gasteiger partial charge in [-0.25, -0.2) is 0 Å². The van der Waals surface area contributed by atoms with Crippen molar-refractivity contribution in [2.45, 2.75) is 63.3 Å². The third-order valence-corrected chi connectivity index (χ3v) is 2.77. The van der Waals surface area contributed by atoms with Crippen LogP contribution in [0.5, 0.6) is 0 Å². The highest BCUT2D eigenvalue weighted by Crippen LogP contribution is 2.21. The normalized spacial score (nSPS) is 20.8. The Morgan fingerprint density at radius 3 is 2.00 bits per heavy atom. The molecule has 1 unspecified atom stereocenters. The minimum atomic E-state index is -0.336. The molecule has 0 spiro atoms. The van der Waals surface area contributed by atoms with E-state index in [1.807, 2.05) is 0 Å². The largest absolute Gasteiger partial charge is 0.375 e. The number of hydrogen-bond donors (Lipinski definition) is 0. The van der Waals surface area contributed by atoms with E-state index in [9.17, 15) is 0 Å². The Labute approximate surface area is 98.1 Å².